The van der Waals surface area contributed by atoms with Gasteiger partial charge in [0.05, 0.1) is 28.7 Å². The number of halogens is 1. The molecule has 69 heavy (non-hydrogen) atoms. The number of amides is 5. The fourth-order valence-corrected chi connectivity index (χ4v) is 9.25. The minimum atomic E-state index is -4.17. The molecule has 6 rings (SSSR count). The highest BCUT2D eigenvalue weighted by molar-refractivity contribution is 7.89. The van der Waals surface area contributed by atoms with Crippen molar-refractivity contribution in [3.8, 4) is 0 Å². The van der Waals surface area contributed by atoms with E-state index in [1.807, 2.05) is 13.8 Å². The standard InChI is InChI=1S/C45H59FN8O14S/c1-22(2)16-32(43(62)50-24(4)44(63)53-14-12-52(13-15-53)34-18-33-29(17-31(34)46)38(57)30(45(64)65)21-54(33)27-8-9-27)51-36(55)20-47-41(60)23(3)49-42(61)26-6-10-28(11-7-26)69(66,67)48-19-35-39(58)40(59)37(56)25(5)68-35/h6-7,10-11,17-18,21-25,27,32,35,37,39-40,48,56,58-59H,8-9,12-16,19-20H2,1-5H3,(H,47,60)(H,49,61)(H,50,62)(H,51,55)(H,64,65)/t23-,24-,25-,32-,35+,37+,39+,40+/m0/s1. The zero-order chi connectivity index (χ0) is 50.6. The number of nitrogens with one attached hydrogen (secondary N) is 5. The number of hydrogen-bond acceptors (Lipinski definition) is 14. The van der Waals surface area contributed by atoms with Crippen molar-refractivity contribution < 1.29 is 66.7 Å². The van der Waals surface area contributed by atoms with E-state index < -0.39 is 124 Å². The molecule has 376 valence electrons. The van der Waals surface area contributed by atoms with Crippen LogP contribution < -0.4 is 36.3 Å². The molecule has 1 saturated carbocycles. The van der Waals surface area contributed by atoms with Crippen LogP contribution in [0.25, 0.3) is 10.9 Å². The topological polar surface area (TPSA) is 315 Å². The minimum Gasteiger partial charge on any atom is -0.477 e. The van der Waals surface area contributed by atoms with Gasteiger partial charge in [0, 0.05) is 55.9 Å². The Morgan fingerprint density at radius 2 is 1.51 bits per heavy atom. The third kappa shape index (κ3) is 12.4. The lowest BCUT2D eigenvalue weighted by Gasteiger charge is -2.39. The number of aromatic nitrogens is 1. The van der Waals surface area contributed by atoms with Gasteiger partial charge in [-0.05, 0) is 82.3 Å². The Morgan fingerprint density at radius 1 is 0.855 bits per heavy atom. The van der Waals surface area contributed by atoms with Gasteiger partial charge in [-0.25, -0.2) is 22.3 Å². The quantitative estimate of drug-likeness (QED) is 0.0734. The molecule has 2 saturated heterocycles. The maximum absolute atomic E-state index is 15.5. The summed E-state index contributed by atoms with van der Waals surface area (Å²) < 4.78 is 50.7. The molecule has 3 aromatic rings. The van der Waals surface area contributed by atoms with Crippen LogP contribution in [0, 0.1) is 11.7 Å². The Bertz CT molecular complexity index is 2620. The summed E-state index contributed by atoms with van der Waals surface area (Å²) in [5.74, 6) is -5.45. The van der Waals surface area contributed by atoms with E-state index in [1.165, 1.54) is 44.0 Å². The molecule has 1 aliphatic carbocycles. The number of carbonyl (C=O) groups excluding carboxylic acids is 5. The Kier molecular flexibility index (Phi) is 16.5. The van der Waals surface area contributed by atoms with E-state index >= 15 is 4.39 Å². The van der Waals surface area contributed by atoms with Crippen molar-refractivity contribution in [3.63, 3.8) is 0 Å². The van der Waals surface area contributed by atoms with Crippen LogP contribution in [0.4, 0.5) is 10.1 Å². The van der Waals surface area contributed by atoms with Gasteiger partial charge in [-0.15, -0.1) is 0 Å². The van der Waals surface area contributed by atoms with E-state index in [2.05, 4.69) is 26.0 Å². The number of benzene rings is 2. The Morgan fingerprint density at radius 3 is 2.12 bits per heavy atom. The van der Waals surface area contributed by atoms with E-state index in [0.29, 0.717) is 5.52 Å². The van der Waals surface area contributed by atoms with E-state index in [-0.39, 0.29) is 66.1 Å². The molecule has 8 atom stereocenters. The summed E-state index contributed by atoms with van der Waals surface area (Å²) in [5.41, 5.74) is -0.578. The van der Waals surface area contributed by atoms with Crippen molar-refractivity contribution in [2.75, 3.05) is 44.2 Å². The summed E-state index contributed by atoms with van der Waals surface area (Å²) in [7, 11) is -4.17. The van der Waals surface area contributed by atoms with Gasteiger partial charge in [0.25, 0.3) is 5.91 Å². The fraction of sp³-hybridized carbons (Fsp3) is 0.533. The molecule has 3 heterocycles. The predicted molar refractivity (Wildman–Crippen MR) is 245 cm³/mol. The van der Waals surface area contributed by atoms with Gasteiger partial charge >= 0.3 is 5.97 Å². The highest BCUT2D eigenvalue weighted by Gasteiger charge is 2.42. The first-order valence-corrected chi connectivity index (χ1v) is 24.1. The Labute approximate surface area is 396 Å². The number of fused-ring (bicyclic) bond motifs is 1. The monoisotopic (exact) mass is 986 g/mol. The molecule has 0 bridgehead atoms. The first-order valence-electron chi connectivity index (χ1n) is 22.6. The number of carboxylic acids is 1. The van der Waals surface area contributed by atoms with Crippen molar-refractivity contribution in [1.29, 1.82) is 0 Å². The zero-order valence-electron chi connectivity index (χ0n) is 38.7. The SMILES string of the molecule is CC(C)C[C@H](NC(=O)CNC(=O)[C@H](C)NC(=O)c1ccc(S(=O)(=O)NC[C@H]2O[C@@H](C)[C@@H](O)[C@@H](O)[C@@H]2O)cc1)C(=O)N[C@@H](C)C(=O)N1CCN(c2cc3c(cc2F)c(=O)c(C(=O)O)cn3C2CC2)CC1. The number of hydrogen-bond donors (Lipinski definition) is 9. The highest BCUT2D eigenvalue weighted by atomic mass is 32.2. The van der Waals surface area contributed by atoms with Crippen LogP contribution in [0.5, 0.6) is 0 Å². The van der Waals surface area contributed by atoms with Crippen molar-refractivity contribution in [3.05, 3.63) is 69.8 Å². The van der Waals surface area contributed by atoms with Gasteiger partial charge in [0.15, 0.2) is 0 Å². The molecule has 9 N–H and O–H groups in total. The van der Waals surface area contributed by atoms with Crippen LogP contribution in [0.3, 0.4) is 0 Å². The summed E-state index contributed by atoms with van der Waals surface area (Å²) in [6, 6.07) is 4.03. The van der Waals surface area contributed by atoms with Gasteiger partial charge < -0.3 is 60.8 Å². The molecule has 2 aliphatic heterocycles. The minimum absolute atomic E-state index is 0.000561. The van der Waals surface area contributed by atoms with E-state index in [1.54, 1.807) is 15.5 Å². The van der Waals surface area contributed by atoms with Crippen LogP contribution in [0.15, 0.2) is 52.3 Å². The average Bonchev–Trinajstić information content (AvgIpc) is 4.16. The molecule has 3 aliphatic rings. The summed E-state index contributed by atoms with van der Waals surface area (Å²) in [6.07, 6.45) is -3.39. The van der Waals surface area contributed by atoms with Crippen LogP contribution in [0.1, 0.15) is 80.6 Å². The molecule has 22 nitrogen and oxygen atoms in total. The lowest BCUT2D eigenvalue weighted by atomic mass is 9.96. The number of pyridine rings is 1. The number of piperazine rings is 1. The normalized spacial score (nSPS) is 22.1. The number of rotatable bonds is 18. The molecular formula is C45H59FN8O14S. The summed E-state index contributed by atoms with van der Waals surface area (Å²) in [5, 5.41) is 49.7. The molecule has 24 heteroatoms. The molecule has 2 aromatic carbocycles. The van der Waals surface area contributed by atoms with Gasteiger partial charge in [0.2, 0.25) is 39.1 Å². The van der Waals surface area contributed by atoms with Crippen molar-refractivity contribution in [2.45, 2.75) is 113 Å². The lowest BCUT2D eigenvalue weighted by Crippen LogP contribution is -2.59. The second-order valence-corrected chi connectivity index (χ2v) is 19.8. The number of aromatic carboxylic acids is 1. The Hall–Kier alpha value is -6.05. The number of sulfonamides is 1. The maximum Gasteiger partial charge on any atom is 0.341 e. The number of aliphatic hydroxyl groups is 3. The van der Waals surface area contributed by atoms with E-state index in [9.17, 15) is 62.4 Å². The first-order chi connectivity index (χ1) is 32.5. The smallest absolute Gasteiger partial charge is 0.341 e. The maximum atomic E-state index is 15.5. The zero-order valence-corrected chi connectivity index (χ0v) is 39.5. The van der Waals surface area contributed by atoms with Gasteiger partial charge in [-0.2, -0.15) is 0 Å². The van der Waals surface area contributed by atoms with Crippen LogP contribution in [-0.2, 0) is 33.9 Å². The second-order valence-electron chi connectivity index (χ2n) is 18.1. The Balaban J connectivity index is 0.957. The third-order valence-electron chi connectivity index (χ3n) is 12.3. The van der Waals surface area contributed by atoms with Gasteiger partial charge in [-0.3, -0.25) is 28.8 Å². The van der Waals surface area contributed by atoms with Crippen molar-refractivity contribution in [2.24, 2.45) is 5.92 Å². The molecule has 0 radical (unpaired) electrons. The predicted octanol–water partition coefficient (Wildman–Crippen LogP) is -1.06. The van der Waals surface area contributed by atoms with E-state index in [4.69, 9.17) is 4.74 Å². The van der Waals surface area contributed by atoms with Gasteiger partial charge in [-0.1, -0.05) is 13.8 Å². The van der Waals surface area contributed by atoms with Crippen LogP contribution in [-0.4, -0.2) is 162 Å². The third-order valence-corrected chi connectivity index (χ3v) is 13.7. The average molecular weight is 987 g/mol. The number of carbonyl (C=O) groups is 6. The molecule has 5 amide bonds. The summed E-state index contributed by atoms with van der Waals surface area (Å²) >= 11 is 0. The molecular weight excluding hydrogens is 928 g/mol. The summed E-state index contributed by atoms with van der Waals surface area (Å²) in [6.45, 7) is 7.77. The molecule has 3 fully saturated rings. The van der Waals surface area contributed by atoms with Crippen molar-refractivity contribution >= 4 is 62.1 Å². The van der Waals surface area contributed by atoms with Gasteiger partial charge in [0.1, 0.15) is 53.9 Å². The summed E-state index contributed by atoms with van der Waals surface area (Å²) in [4.78, 5) is 93.5. The molecule has 0 unspecified atom stereocenters. The van der Waals surface area contributed by atoms with Crippen LogP contribution >= 0.6 is 0 Å². The number of nitrogens with zero attached hydrogens (tertiary/aromatic N) is 3. The number of aliphatic hydroxyl groups excluding tert-OH is 3. The molecule has 0 spiro atoms. The number of carboxylic acid groups (broad SMARTS) is 1. The van der Waals surface area contributed by atoms with E-state index in [0.717, 1.165) is 31.0 Å². The fourth-order valence-electron chi connectivity index (χ4n) is 8.21. The van der Waals surface area contributed by atoms with Crippen molar-refractivity contribution in [1.82, 2.24) is 35.5 Å². The first kappa shape index (κ1) is 52.3. The molecule has 1 aromatic heterocycles. The number of anilines is 1. The van der Waals surface area contributed by atoms with Crippen LogP contribution in [0.2, 0.25) is 0 Å². The highest BCUT2D eigenvalue weighted by Crippen LogP contribution is 2.38. The number of ether oxygens (including phenoxy) is 1. The second kappa shape index (κ2) is 21.7. The lowest BCUT2D eigenvalue weighted by molar-refractivity contribution is -0.214. The largest absolute Gasteiger partial charge is 0.477 e.